The van der Waals surface area contributed by atoms with E-state index in [-0.39, 0.29) is 5.92 Å². The van der Waals surface area contributed by atoms with Crippen LogP contribution >= 0.6 is 0 Å². The maximum atomic E-state index is 13.2. The Balaban J connectivity index is 1.45. The van der Waals surface area contributed by atoms with Gasteiger partial charge in [-0.25, -0.2) is 0 Å². The zero-order valence-electron chi connectivity index (χ0n) is 15.4. The molecule has 2 aromatic carbocycles. The van der Waals surface area contributed by atoms with Crippen LogP contribution in [0, 0.1) is 0 Å². The van der Waals surface area contributed by atoms with E-state index in [4.69, 9.17) is 4.74 Å². The number of aryl methyl sites for hydroxylation is 1. The van der Waals surface area contributed by atoms with E-state index < -0.39 is 0 Å². The van der Waals surface area contributed by atoms with Crippen LogP contribution in [-0.2, 0) is 11.2 Å². The Bertz CT molecular complexity index is 781. The predicted molar refractivity (Wildman–Crippen MR) is 104 cm³/mol. The molecule has 1 saturated heterocycles. The van der Waals surface area contributed by atoms with E-state index in [2.05, 4.69) is 40.1 Å². The lowest BCUT2D eigenvalue weighted by Crippen LogP contribution is -2.50. The van der Waals surface area contributed by atoms with Gasteiger partial charge in [-0.05, 0) is 42.5 Å². The van der Waals surface area contributed by atoms with Gasteiger partial charge in [-0.2, -0.15) is 0 Å². The molecule has 0 saturated carbocycles. The number of para-hydroxylation sites is 2. The van der Waals surface area contributed by atoms with Crippen LogP contribution in [0.25, 0.3) is 0 Å². The van der Waals surface area contributed by atoms with Crippen molar-refractivity contribution in [2.75, 3.05) is 38.2 Å². The number of ether oxygens (including phenoxy) is 1. The van der Waals surface area contributed by atoms with E-state index in [0.29, 0.717) is 5.91 Å². The quantitative estimate of drug-likeness (QED) is 0.850. The first-order valence-electron chi connectivity index (χ1n) is 9.52. The average Bonchev–Trinajstić information content (AvgIpc) is 2.73. The predicted octanol–water partition coefficient (Wildman–Crippen LogP) is 3.46. The second kappa shape index (κ2) is 7.40. The van der Waals surface area contributed by atoms with Crippen LogP contribution in [-0.4, -0.2) is 44.1 Å². The largest absolute Gasteiger partial charge is 0.495 e. The summed E-state index contributed by atoms with van der Waals surface area (Å²) in [6.45, 7) is 3.24. The van der Waals surface area contributed by atoms with E-state index in [1.807, 2.05) is 18.2 Å². The number of amides is 1. The molecule has 1 aliphatic heterocycles. The number of piperazine rings is 1. The zero-order chi connectivity index (χ0) is 17.9. The SMILES string of the molecule is COc1ccccc1N1CCN(C(=O)C2CCCc3ccccc32)CC1. The van der Waals surface area contributed by atoms with Gasteiger partial charge in [0.15, 0.2) is 0 Å². The van der Waals surface area contributed by atoms with Crippen molar-refractivity contribution in [1.29, 1.82) is 0 Å². The molecular formula is C22H26N2O2. The van der Waals surface area contributed by atoms with Gasteiger partial charge in [-0.1, -0.05) is 36.4 Å². The molecule has 4 nitrogen and oxygen atoms in total. The highest BCUT2D eigenvalue weighted by Crippen LogP contribution is 2.34. The number of nitrogens with zero attached hydrogens (tertiary/aromatic N) is 2. The minimum atomic E-state index is 0.0396. The summed E-state index contributed by atoms with van der Waals surface area (Å²) >= 11 is 0. The highest BCUT2D eigenvalue weighted by molar-refractivity contribution is 5.84. The maximum Gasteiger partial charge on any atom is 0.230 e. The Kier molecular flexibility index (Phi) is 4.83. The van der Waals surface area contributed by atoms with E-state index in [1.54, 1.807) is 7.11 Å². The molecule has 2 aliphatic rings. The molecule has 0 aromatic heterocycles. The van der Waals surface area contributed by atoms with Crippen molar-refractivity contribution in [2.24, 2.45) is 0 Å². The fourth-order valence-electron chi connectivity index (χ4n) is 4.29. The number of fused-ring (bicyclic) bond motifs is 1. The molecule has 1 atom stereocenters. The third kappa shape index (κ3) is 3.16. The van der Waals surface area contributed by atoms with E-state index in [9.17, 15) is 4.79 Å². The van der Waals surface area contributed by atoms with Gasteiger partial charge in [0.05, 0.1) is 18.7 Å². The Morgan fingerprint density at radius 3 is 2.54 bits per heavy atom. The highest BCUT2D eigenvalue weighted by Gasteiger charge is 2.31. The van der Waals surface area contributed by atoms with Crippen LogP contribution in [0.5, 0.6) is 5.75 Å². The van der Waals surface area contributed by atoms with Gasteiger partial charge in [-0.15, -0.1) is 0 Å². The first-order chi connectivity index (χ1) is 12.8. The van der Waals surface area contributed by atoms with Gasteiger partial charge < -0.3 is 14.5 Å². The van der Waals surface area contributed by atoms with Gasteiger partial charge in [0.1, 0.15) is 5.75 Å². The van der Waals surface area contributed by atoms with Gasteiger partial charge in [0.25, 0.3) is 0 Å². The maximum absolute atomic E-state index is 13.2. The third-order valence-corrected chi connectivity index (χ3v) is 5.68. The van der Waals surface area contributed by atoms with E-state index in [1.165, 1.54) is 11.1 Å². The molecule has 0 bridgehead atoms. The summed E-state index contributed by atoms with van der Waals surface area (Å²) in [6.07, 6.45) is 3.18. The van der Waals surface area contributed by atoms with Crippen LogP contribution < -0.4 is 9.64 Å². The number of hydrogen-bond donors (Lipinski definition) is 0. The molecule has 1 heterocycles. The van der Waals surface area contributed by atoms with E-state index in [0.717, 1.165) is 56.9 Å². The topological polar surface area (TPSA) is 32.8 Å². The molecule has 1 unspecified atom stereocenters. The highest BCUT2D eigenvalue weighted by atomic mass is 16.5. The molecule has 0 N–H and O–H groups in total. The van der Waals surface area contributed by atoms with Crippen LogP contribution in [0.3, 0.4) is 0 Å². The average molecular weight is 350 g/mol. The first-order valence-corrected chi connectivity index (χ1v) is 9.52. The molecule has 26 heavy (non-hydrogen) atoms. The molecule has 1 amide bonds. The van der Waals surface area contributed by atoms with Gasteiger partial charge in [-0.3, -0.25) is 4.79 Å². The third-order valence-electron chi connectivity index (χ3n) is 5.68. The van der Waals surface area contributed by atoms with Crippen molar-refractivity contribution in [2.45, 2.75) is 25.2 Å². The normalized spacial score (nSPS) is 19.8. The zero-order valence-corrected chi connectivity index (χ0v) is 15.4. The van der Waals surface area contributed by atoms with Crippen molar-refractivity contribution in [3.63, 3.8) is 0 Å². The Hall–Kier alpha value is -2.49. The summed E-state index contributed by atoms with van der Waals surface area (Å²) in [5, 5.41) is 0. The minimum Gasteiger partial charge on any atom is -0.495 e. The monoisotopic (exact) mass is 350 g/mol. The van der Waals surface area contributed by atoms with E-state index >= 15 is 0 Å². The summed E-state index contributed by atoms with van der Waals surface area (Å²) in [6, 6.07) is 16.6. The summed E-state index contributed by atoms with van der Waals surface area (Å²) in [7, 11) is 1.71. The van der Waals surface area contributed by atoms with Crippen molar-refractivity contribution < 1.29 is 9.53 Å². The molecule has 2 aromatic rings. The molecular weight excluding hydrogens is 324 g/mol. The van der Waals surface area contributed by atoms with Gasteiger partial charge in [0.2, 0.25) is 5.91 Å². The van der Waals surface area contributed by atoms with Crippen LogP contribution in [0.15, 0.2) is 48.5 Å². The van der Waals surface area contributed by atoms with Gasteiger partial charge in [0, 0.05) is 26.2 Å². The standard InChI is InChI=1S/C22H26N2O2/c1-26-21-12-5-4-11-20(21)23-13-15-24(16-14-23)22(25)19-10-6-8-17-7-2-3-9-18(17)19/h2-5,7,9,11-12,19H,6,8,10,13-16H2,1H3. The van der Waals surface area contributed by atoms with Crippen molar-refractivity contribution >= 4 is 11.6 Å². The summed E-state index contributed by atoms with van der Waals surface area (Å²) in [4.78, 5) is 17.5. The summed E-state index contributed by atoms with van der Waals surface area (Å²) in [5.41, 5.74) is 3.71. The van der Waals surface area contributed by atoms with Crippen molar-refractivity contribution in [3.05, 3.63) is 59.7 Å². The smallest absolute Gasteiger partial charge is 0.230 e. The first kappa shape index (κ1) is 17.0. The molecule has 1 fully saturated rings. The lowest BCUT2D eigenvalue weighted by Gasteiger charge is -2.38. The second-order valence-electron chi connectivity index (χ2n) is 7.13. The molecule has 0 radical (unpaired) electrons. The number of benzene rings is 2. The number of methoxy groups -OCH3 is 1. The fourth-order valence-corrected chi connectivity index (χ4v) is 4.29. The molecule has 136 valence electrons. The molecule has 0 spiro atoms. The lowest BCUT2D eigenvalue weighted by molar-refractivity contribution is -0.133. The Labute approximate surface area is 155 Å². The molecule has 1 aliphatic carbocycles. The lowest BCUT2D eigenvalue weighted by atomic mass is 9.82. The number of rotatable bonds is 3. The number of hydrogen-bond acceptors (Lipinski definition) is 3. The van der Waals surface area contributed by atoms with Crippen LogP contribution in [0.4, 0.5) is 5.69 Å². The van der Waals surface area contributed by atoms with Gasteiger partial charge >= 0.3 is 0 Å². The Morgan fingerprint density at radius 2 is 1.73 bits per heavy atom. The van der Waals surface area contributed by atoms with Crippen LogP contribution in [0.1, 0.15) is 29.9 Å². The number of carbonyl (C=O) groups is 1. The molecule has 4 heteroatoms. The van der Waals surface area contributed by atoms with Crippen molar-refractivity contribution in [1.82, 2.24) is 4.90 Å². The Morgan fingerprint density at radius 1 is 1.00 bits per heavy atom. The second-order valence-corrected chi connectivity index (χ2v) is 7.13. The molecule has 4 rings (SSSR count). The fraction of sp³-hybridized carbons (Fsp3) is 0.409. The number of carbonyl (C=O) groups excluding carboxylic acids is 1. The van der Waals surface area contributed by atoms with Crippen LogP contribution in [0.2, 0.25) is 0 Å². The summed E-state index contributed by atoms with van der Waals surface area (Å²) in [5.74, 6) is 1.24. The minimum absolute atomic E-state index is 0.0396. The van der Waals surface area contributed by atoms with Crippen molar-refractivity contribution in [3.8, 4) is 5.75 Å². The number of anilines is 1. The summed E-state index contributed by atoms with van der Waals surface area (Å²) < 4.78 is 5.48.